The Morgan fingerprint density at radius 2 is 1.95 bits per heavy atom. The largest absolute Gasteiger partial charge is 0.326 e. The number of amides is 1. The maximum atomic E-state index is 12.3. The molecule has 0 unspecified atom stereocenters. The van der Waals surface area contributed by atoms with Crippen molar-refractivity contribution in [1.29, 1.82) is 0 Å². The standard InChI is InChI=1S/C14H15N3O2/c1-3-13-15-8-9-17(13)14(19)11-4-6-12(7-5-11)16-10(2)18/h4-9H,3H2,1-2H3,(H,16,18). The lowest BCUT2D eigenvalue weighted by molar-refractivity contribution is -0.114. The zero-order valence-corrected chi connectivity index (χ0v) is 10.9. The minimum Gasteiger partial charge on any atom is -0.326 e. The Bertz CT molecular complexity index is 599. The van der Waals surface area contributed by atoms with Gasteiger partial charge in [0.2, 0.25) is 5.91 Å². The van der Waals surface area contributed by atoms with Gasteiger partial charge in [-0.25, -0.2) is 4.98 Å². The molecule has 1 heterocycles. The highest BCUT2D eigenvalue weighted by molar-refractivity contribution is 5.97. The highest BCUT2D eigenvalue weighted by atomic mass is 16.2. The Morgan fingerprint density at radius 3 is 2.53 bits per heavy atom. The third-order valence-electron chi connectivity index (χ3n) is 2.70. The summed E-state index contributed by atoms with van der Waals surface area (Å²) < 4.78 is 1.54. The quantitative estimate of drug-likeness (QED) is 0.915. The summed E-state index contributed by atoms with van der Waals surface area (Å²) in [7, 11) is 0. The molecule has 0 bridgehead atoms. The zero-order valence-electron chi connectivity index (χ0n) is 10.9. The SMILES string of the molecule is CCc1nccn1C(=O)c1ccc(NC(C)=O)cc1. The van der Waals surface area contributed by atoms with Crippen molar-refractivity contribution in [1.82, 2.24) is 9.55 Å². The Morgan fingerprint density at radius 1 is 1.26 bits per heavy atom. The van der Waals surface area contributed by atoms with Crippen LogP contribution in [0, 0.1) is 0 Å². The molecule has 2 rings (SSSR count). The van der Waals surface area contributed by atoms with Crippen molar-refractivity contribution in [3.8, 4) is 0 Å². The molecule has 0 aliphatic carbocycles. The average molecular weight is 257 g/mol. The minimum atomic E-state index is -0.137. The van der Waals surface area contributed by atoms with Crippen LogP contribution >= 0.6 is 0 Å². The van der Waals surface area contributed by atoms with Crippen molar-refractivity contribution >= 4 is 17.5 Å². The van der Waals surface area contributed by atoms with Gasteiger partial charge in [-0.05, 0) is 24.3 Å². The van der Waals surface area contributed by atoms with Crippen LogP contribution in [0.15, 0.2) is 36.7 Å². The first-order chi connectivity index (χ1) is 9.11. The first-order valence-corrected chi connectivity index (χ1v) is 6.06. The van der Waals surface area contributed by atoms with Crippen LogP contribution in [-0.2, 0) is 11.2 Å². The second kappa shape index (κ2) is 5.48. The van der Waals surface area contributed by atoms with Gasteiger partial charge >= 0.3 is 0 Å². The van der Waals surface area contributed by atoms with E-state index in [-0.39, 0.29) is 11.8 Å². The van der Waals surface area contributed by atoms with Crippen molar-refractivity contribution in [3.63, 3.8) is 0 Å². The molecule has 1 N–H and O–H groups in total. The third-order valence-corrected chi connectivity index (χ3v) is 2.70. The third kappa shape index (κ3) is 2.88. The predicted molar refractivity (Wildman–Crippen MR) is 72.1 cm³/mol. The molecule has 0 saturated heterocycles. The van der Waals surface area contributed by atoms with E-state index in [4.69, 9.17) is 0 Å². The van der Waals surface area contributed by atoms with E-state index in [1.165, 1.54) is 11.5 Å². The molecular formula is C14H15N3O2. The molecule has 1 amide bonds. The second-order valence-electron chi connectivity index (χ2n) is 4.13. The van der Waals surface area contributed by atoms with Crippen molar-refractivity contribution < 1.29 is 9.59 Å². The smallest absolute Gasteiger partial charge is 0.263 e. The predicted octanol–water partition coefficient (Wildman–Crippen LogP) is 2.09. The Balaban J connectivity index is 2.22. The molecule has 0 radical (unpaired) electrons. The fraction of sp³-hybridized carbons (Fsp3) is 0.214. The first-order valence-electron chi connectivity index (χ1n) is 6.06. The molecular weight excluding hydrogens is 242 g/mol. The first kappa shape index (κ1) is 13.0. The van der Waals surface area contributed by atoms with E-state index in [0.717, 1.165) is 5.82 Å². The summed E-state index contributed by atoms with van der Waals surface area (Å²) in [4.78, 5) is 27.3. The van der Waals surface area contributed by atoms with Crippen LogP contribution in [0.2, 0.25) is 0 Å². The van der Waals surface area contributed by atoms with Crippen LogP contribution < -0.4 is 5.32 Å². The number of hydrogen-bond donors (Lipinski definition) is 1. The van der Waals surface area contributed by atoms with Crippen molar-refractivity contribution in [2.75, 3.05) is 5.32 Å². The van der Waals surface area contributed by atoms with Gasteiger partial charge in [-0.2, -0.15) is 0 Å². The maximum absolute atomic E-state index is 12.3. The topological polar surface area (TPSA) is 64.0 Å². The molecule has 0 fully saturated rings. The molecule has 2 aromatic rings. The highest BCUT2D eigenvalue weighted by Crippen LogP contribution is 2.12. The van der Waals surface area contributed by atoms with E-state index in [0.29, 0.717) is 17.7 Å². The van der Waals surface area contributed by atoms with Gasteiger partial charge in [0.25, 0.3) is 5.91 Å². The van der Waals surface area contributed by atoms with Crippen LogP contribution in [-0.4, -0.2) is 21.4 Å². The van der Waals surface area contributed by atoms with E-state index in [1.54, 1.807) is 36.7 Å². The molecule has 19 heavy (non-hydrogen) atoms. The summed E-state index contributed by atoms with van der Waals surface area (Å²) in [5, 5.41) is 2.66. The number of nitrogens with one attached hydrogen (secondary N) is 1. The molecule has 0 saturated carbocycles. The van der Waals surface area contributed by atoms with Crippen LogP contribution in [0.3, 0.4) is 0 Å². The number of hydrogen-bond acceptors (Lipinski definition) is 3. The van der Waals surface area contributed by atoms with Crippen LogP contribution in [0.4, 0.5) is 5.69 Å². The monoisotopic (exact) mass is 257 g/mol. The van der Waals surface area contributed by atoms with Gasteiger partial charge in [0.1, 0.15) is 5.82 Å². The fourth-order valence-electron chi connectivity index (χ4n) is 1.82. The summed E-state index contributed by atoms with van der Waals surface area (Å²) in [5.74, 6) is 0.474. The maximum Gasteiger partial charge on any atom is 0.263 e. The number of carbonyl (C=O) groups excluding carboxylic acids is 2. The van der Waals surface area contributed by atoms with Crippen LogP contribution in [0.25, 0.3) is 0 Å². The number of rotatable bonds is 3. The fourth-order valence-corrected chi connectivity index (χ4v) is 1.82. The number of benzene rings is 1. The van der Waals surface area contributed by atoms with Gasteiger partial charge in [-0.3, -0.25) is 14.2 Å². The summed E-state index contributed by atoms with van der Waals surface area (Å²) in [6.45, 7) is 3.39. The average Bonchev–Trinajstić information content (AvgIpc) is 2.86. The van der Waals surface area contributed by atoms with Crippen LogP contribution in [0.1, 0.15) is 30.0 Å². The van der Waals surface area contributed by atoms with E-state index in [2.05, 4.69) is 10.3 Å². The number of imidazole rings is 1. The van der Waals surface area contributed by atoms with Gasteiger partial charge in [0.05, 0.1) is 0 Å². The molecule has 0 spiro atoms. The number of aryl methyl sites for hydroxylation is 1. The summed E-state index contributed by atoms with van der Waals surface area (Å²) >= 11 is 0. The number of carbonyl (C=O) groups is 2. The molecule has 0 aliphatic heterocycles. The van der Waals surface area contributed by atoms with E-state index in [9.17, 15) is 9.59 Å². The van der Waals surface area contributed by atoms with E-state index < -0.39 is 0 Å². The lowest BCUT2D eigenvalue weighted by Crippen LogP contribution is -2.14. The molecule has 0 atom stereocenters. The van der Waals surface area contributed by atoms with Crippen molar-refractivity contribution in [2.24, 2.45) is 0 Å². The van der Waals surface area contributed by atoms with Gasteiger partial charge in [-0.15, -0.1) is 0 Å². The van der Waals surface area contributed by atoms with Crippen molar-refractivity contribution in [3.05, 3.63) is 48.0 Å². The number of nitrogens with zero attached hydrogens (tertiary/aromatic N) is 2. The molecule has 5 nitrogen and oxygen atoms in total. The summed E-state index contributed by atoms with van der Waals surface area (Å²) in [6, 6.07) is 6.79. The number of anilines is 1. The van der Waals surface area contributed by atoms with Crippen LogP contribution in [0.5, 0.6) is 0 Å². The Hall–Kier alpha value is -2.43. The van der Waals surface area contributed by atoms with Gasteiger partial charge < -0.3 is 5.32 Å². The summed E-state index contributed by atoms with van der Waals surface area (Å²) in [5.41, 5.74) is 1.23. The lowest BCUT2D eigenvalue weighted by Gasteiger charge is -2.06. The normalized spacial score (nSPS) is 10.2. The highest BCUT2D eigenvalue weighted by Gasteiger charge is 2.11. The van der Waals surface area contributed by atoms with E-state index in [1.807, 2.05) is 6.92 Å². The van der Waals surface area contributed by atoms with Gasteiger partial charge in [0, 0.05) is 37.0 Å². The minimum absolute atomic E-state index is 0.122. The Kier molecular flexibility index (Phi) is 3.75. The summed E-state index contributed by atoms with van der Waals surface area (Å²) in [6.07, 6.45) is 3.97. The lowest BCUT2D eigenvalue weighted by atomic mass is 10.2. The molecule has 1 aromatic carbocycles. The van der Waals surface area contributed by atoms with Gasteiger partial charge in [-0.1, -0.05) is 6.92 Å². The van der Waals surface area contributed by atoms with E-state index >= 15 is 0 Å². The Labute approximate surface area is 111 Å². The molecule has 1 aromatic heterocycles. The zero-order chi connectivity index (χ0) is 13.8. The van der Waals surface area contributed by atoms with Gasteiger partial charge in [0.15, 0.2) is 0 Å². The molecule has 0 aliphatic rings. The second-order valence-corrected chi connectivity index (χ2v) is 4.13. The van der Waals surface area contributed by atoms with Crippen molar-refractivity contribution in [2.45, 2.75) is 20.3 Å². The number of aromatic nitrogens is 2. The molecule has 98 valence electrons. The molecule has 5 heteroatoms.